The first-order valence-corrected chi connectivity index (χ1v) is 6.24. The Morgan fingerprint density at radius 2 is 2.00 bits per heavy atom. The van der Waals surface area contributed by atoms with E-state index in [1.54, 1.807) is 0 Å². The van der Waals surface area contributed by atoms with Crippen molar-refractivity contribution < 1.29 is 0 Å². The van der Waals surface area contributed by atoms with E-state index in [-0.39, 0.29) is 0 Å². The van der Waals surface area contributed by atoms with Gasteiger partial charge in [0.05, 0.1) is 0 Å². The van der Waals surface area contributed by atoms with Crippen molar-refractivity contribution in [3.63, 3.8) is 0 Å². The van der Waals surface area contributed by atoms with E-state index in [1.807, 2.05) is 24.3 Å². The number of nitrogens with two attached hydrogens (primary N) is 1. The van der Waals surface area contributed by atoms with Crippen LogP contribution in [0.25, 0.3) is 0 Å². The molecule has 0 unspecified atom stereocenters. The molecule has 0 aliphatic heterocycles. The van der Waals surface area contributed by atoms with Gasteiger partial charge in [-0.15, -0.1) is 0 Å². The third-order valence-corrected chi connectivity index (χ3v) is 2.51. The smallest absolute Gasteiger partial charge is 0.188 e. The summed E-state index contributed by atoms with van der Waals surface area (Å²) in [4.78, 5) is 4.23. The Hall–Kier alpha value is -1.22. The maximum atomic E-state index is 5.81. The zero-order valence-corrected chi connectivity index (χ0v) is 11.2. The molecule has 3 N–H and O–H groups in total. The Morgan fingerprint density at radius 3 is 2.59 bits per heavy atom. The first-order valence-electron chi connectivity index (χ1n) is 5.86. The normalized spacial score (nSPS) is 11.9. The molecular weight excluding hydrogens is 234 g/mol. The van der Waals surface area contributed by atoms with Crippen LogP contribution in [0.1, 0.15) is 19.4 Å². The molecule has 0 spiro atoms. The van der Waals surface area contributed by atoms with Crippen LogP contribution < -0.4 is 11.1 Å². The van der Waals surface area contributed by atoms with E-state index in [0.717, 1.165) is 24.5 Å². The Kier molecular flexibility index (Phi) is 5.84. The van der Waals surface area contributed by atoms with Gasteiger partial charge in [-0.2, -0.15) is 0 Å². The standard InChI is InChI=1S/C13H20ClN3/c1-10(2)9-17-13(15)16-8-7-11-3-5-12(14)6-4-11/h3-6,10H,7-9H2,1-2H3,(H3,15,16,17). The number of rotatable bonds is 5. The van der Waals surface area contributed by atoms with Gasteiger partial charge in [-0.3, -0.25) is 4.99 Å². The summed E-state index contributed by atoms with van der Waals surface area (Å²) in [6.45, 7) is 5.78. The lowest BCUT2D eigenvalue weighted by atomic mass is 10.1. The second-order valence-electron chi connectivity index (χ2n) is 4.42. The summed E-state index contributed by atoms with van der Waals surface area (Å²) >= 11 is 5.81. The molecule has 0 aliphatic carbocycles. The van der Waals surface area contributed by atoms with Crippen molar-refractivity contribution >= 4 is 17.6 Å². The van der Waals surface area contributed by atoms with Crippen molar-refractivity contribution in [1.29, 1.82) is 0 Å². The Labute approximate surface area is 108 Å². The van der Waals surface area contributed by atoms with E-state index in [4.69, 9.17) is 17.3 Å². The number of hydrogen-bond acceptors (Lipinski definition) is 1. The van der Waals surface area contributed by atoms with Gasteiger partial charge in [-0.1, -0.05) is 37.6 Å². The van der Waals surface area contributed by atoms with Gasteiger partial charge in [0.15, 0.2) is 5.96 Å². The lowest BCUT2D eigenvalue weighted by Crippen LogP contribution is -2.33. The second-order valence-corrected chi connectivity index (χ2v) is 4.86. The van der Waals surface area contributed by atoms with Crippen molar-refractivity contribution in [1.82, 2.24) is 5.32 Å². The van der Waals surface area contributed by atoms with Gasteiger partial charge in [0.1, 0.15) is 0 Å². The van der Waals surface area contributed by atoms with Gasteiger partial charge in [-0.25, -0.2) is 0 Å². The number of guanidine groups is 1. The predicted octanol–water partition coefficient (Wildman–Crippen LogP) is 2.44. The van der Waals surface area contributed by atoms with Crippen LogP contribution in [-0.2, 0) is 6.42 Å². The topological polar surface area (TPSA) is 50.4 Å². The lowest BCUT2D eigenvalue weighted by Gasteiger charge is -2.06. The van der Waals surface area contributed by atoms with Gasteiger partial charge in [0, 0.05) is 18.1 Å². The molecule has 0 saturated heterocycles. The van der Waals surface area contributed by atoms with E-state index < -0.39 is 0 Å². The summed E-state index contributed by atoms with van der Waals surface area (Å²) in [6, 6.07) is 7.83. The largest absolute Gasteiger partial charge is 0.370 e. The zero-order valence-electron chi connectivity index (χ0n) is 10.4. The van der Waals surface area contributed by atoms with E-state index >= 15 is 0 Å². The maximum Gasteiger partial charge on any atom is 0.188 e. The highest BCUT2D eigenvalue weighted by molar-refractivity contribution is 6.30. The zero-order chi connectivity index (χ0) is 12.7. The fourth-order valence-electron chi connectivity index (χ4n) is 1.32. The van der Waals surface area contributed by atoms with Gasteiger partial charge >= 0.3 is 0 Å². The SMILES string of the molecule is CC(C)CN=C(N)NCCc1ccc(Cl)cc1. The van der Waals surface area contributed by atoms with Crippen molar-refractivity contribution in [2.45, 2.75) is 20.3 Å². The van der Waals surface area contributed by atoms with Crippen LogP contribution in [0.4, 0.5) is 0 Å². The molecule has 4 heteroatoms. The number of nitrogens with zero attached hydrogens (tertiary/aromatic N) is 1. The summed E-state index contributed by atoms with van der Waals surface area (Å²) in [6.07, 6.45) is 0.912. The number of aliphatic imine (C=N–C) groups is 1. The highest BCUT2D eigenvalue weighted by Crippen LogP contribution is 2.09. The van der Waals surface area contributed by atoms with Crippen molar-refractivity contribution in [3.05, 3.63) is 34.9 Å². The summed E-state index contributed by atoms with van der Waals surface area (Å²) in [5.74, 6) is 1.05. The maximum absolute atomic E-state index is 5.81. The monoisotopic (exact) mass is 253 g/mol. The quantitative estimate of drug-likeness (QED) is 0.626. The van der Waals surface area contributed by atoms with Crippen LogP contribution in [0, 0.1) is 5.92 Å². The molecule has 0 atom stereocenters. The van der Waals surface area contributed by atoms with Gasteiger partial charge in [0.2, 0.25) is 0 Å². The Balaban J connectivity index is 2.28. The minimum atomic E-state index is 0.521. The molecule has 0 bridgehead atoms. The van der Waals surface area contributed by atoms with Gasteiger partial charge in [-0.05, 0) is 30.0 Å². The first-order chi connectivity index (χ1) is 8.08. The van der Waals surface area contributed by atoms with E-state index in [0.29, 0.717) is 11.9 Å². The van der Waals surface area contributed by atoms with Crippen molar-refractivity contribution in [2.24, 2.45) is 16.6 Å². The molecular formula is C13H20ClN3. The number of benzene rings is 1. The molecule has 1 aromatic carbocycles. The molecule has 0 heterocycles. The Morgan fingerprint density at radius 1 is 1.35 bits per heavy atom. The minimum Gasteiger partial charge on any atom is -0.370 e. The molecule has 0 aromatic heterocycles. The number of hydrogen-bond donors (Lipinski definition) is 2. The molecule has 1 aromatic rings. The van der Waals surface area contributed by atoms with E-state index in [1.165, 1.54) is 5.56 Å². The average Bonchev–Trinajstić information content (AvgIpc) is 2.29. The molecule has 3 nitrogen and oxygen atoms in total. The van der Waals surface area contributed by atoms with Crippen molar-refractivity contribution in [2.75, 3.05) is 13.1 Å². The van der Waals surface area contributed by atoms with Crippen LogP contribution in [0.15, 0.2) is 29.3 Å². The summed E-state index contributed by atoms with van der Waals surface area (Å²) < 4.78 is 0. The van der Waals surface area contributed by atoms with Gasteiger partial charge < -0.3 is 11.1 Å². The summed E-state index contributed by atoms with van der Waals surface area (Å²) in [5, 5.41) is 3.86. The summed E-state index contributed by atoms with van der Waals surface area (Å²) in [5.41, 5.74) is 6.96. The van der Waals surface area contributed by atoms with Crippen molar-refractivity contribution in [3.8, 4) is 0 Å². The molecule has 0 radical (unpaired) electrons. The minimum absolute atomic E-state index is 0.521. The second kappa shape index (κ2) is 7.17. The molecule has 0 saturated carbocycles. The van der Waals surface area contributed by atoms with Crippen LogP contribution in [0.3, 0.4) is 0 Å². The fraction of sp³-hybridized carbons (Fsp3) is 0.462. The number of nitrogens with one attached hydrogen (secondary N) is 1. The molecule has 94 valence electrons. The highest BCUT2D eigenvalue weighted by atomic mass is 35.5. The number of halogens is 1. The molecule has 0 aliphatic rings. The highest BCUT2D eigenvalue weighted by Gasteiger charge is 1.96. The first kappa shape index (κ1) is 13.8. The van der Waals surface area contributed by atoms with Crippen LogP contribution in [-0.4, -0.2) is 19.0 Å². The van der Waals surface area contributed by atoms with E-state index in [9.17, 15) is 0 Å². The Bertz CT molecular complexity index is 357. The lowest BCUT2D eigenvalue weighted by molar-refractivity contribution is 0.661. The third-order valence-electron chi connectivity index (χ3n) is 2.26. The molecule has 1 rings (SSSR count). The molecule has 0 fully saturated rings. The summed E-state index contributed by atoms with van der Waals surface area (Å²) in [7, 11) is 0. The average molecular weight is 254 g/mol. The van der Waals surface area contributed by atoms with Crippen LogP contribution >= 0.6 is 11.6 Å². The molecule has 17 heavy (non-hydrogen) atoms. The van der Waals surface area contributed by atoms with Gasteiger partial charge in [0.25, 0.3) is 0 Å². The van der Waals surface area contributed by atoms with Crippen LogP contribution in [0.2, 0.25) is 5.02 Å². The fourth-order valence-corrected chi connectivity index (χ4v) is 1.45. The van der Waals surface area contributed by atoms with E-state index in [2.05, 4.69) is 24.2 Å². The predicted molar refractivity (Wildman–Crippen MR) is 74.5 cm³/mol. The molecule has 0 amide bonds. The third kappa shape index (κ3) is 6.17. The van der Waals surface area contributed by atoms with Crippen LogP contribution in [0.5, 0.6) is 0 Å².